The topological polar surface area (TPSA) is 84.6 Å². The summed E-state index contributed by atoms with van der Waals surface area (Å²) in [6.07, 6.45) is 2.51. The summed E-state index contributed by atoms with van der Waals surface area (Å²) in [5, 5.41) is 12.4. The van der Waals surface area contributed by atoms with Crippen LogP contribution in [0.1, 0.15) is 19.3 Å². The summed E-state index contributed by atoms with van der Waals surface area (Å²) in [5.74, 6) is 0.845. The van der Waals surface area contributed by atoms with E-state index in [0.29, 0.717) is 17.4 Å². The van der Waals surface area contributed by atoms with E-state index in [1.165, 1.54) is 13.2 Å². The molecule has 1 fully saturated rings. The van der Waals surface area contributed by atoms with E-state index < -0.39 is 0 Å². The zero-order valence-electron chi connectivity index (χ0n) is 10.3. The van der Waals surface area contributed by atoms with Gasteiger partial charge in [-0.15, -0.1) is 0 Å². The Morgan fingerprint density at radius 1 is 1.61 bits per heavy atom. The molecule has 1 amide bonds. The van der Waals surface area contributed by atoms with Gasteiger partial charge in [-0.25, -0.2) is 0 Å². The number of amides is 1. The lowest BCUT2D eigenvalue weighted by Gasteiger charge is -2.12. The number of phenols is 1. The minimum atomic E-state index is -0.171. The number of nitrogens with two attached hydrogens (primary N) is 1. The number of rotatable bonds is 5. The van der Waals surface area contributed by atoms with Crippen molar-refractivity contribution < 1.29 is 14.6 Å². The molecular formula is C13H18N2O3. The maximum absolute atomic E-state index is 11.7. The SMILES string of the molecule is COc1ccc(NC(=O)CC(N)C2CC2)c(O)c1. The van der Waals surface area contributed by atoms with E-state index in [4.69, 9.17) is 10.5 Å². The predicted octanol–water partition coefficient (Wildman–Crippen LogP) is 1.47. The Kier molecular flexibility index (Phi) is 3.72. The molecule has 4 N–H and O–H groups in total. The number of phenolic OH excluding ortho intramolecular Hbond substituents is 1. The Bertz CT molecular complexity index is 444. The highest BCUT2D eigenvalue weighted by Crippen LogP contribution is 2.33. The number of anilines is 1. The molecule has 0 saturated heterocycles. The van der Waals surface area contributed by atoms with Crippen LogP contribution >= 0.6 is 0 Å². The number of carbonyl (C=O) groups excluding carboxylic acids is 1. The minimum Gasteiger partial charge on any atom is -0.506 e. The molecule has 0 aliphatic heterocycles. The predicted molar refractivity (Wildman–Crippen MR) is 68.6 cm³/mol. The van der Waals surface area contributed by atoms with Crippen LogP contribution in [0.5, 0.6) is 11.5 Å². The number of benzene rings is 1. The molecule has 2 rings (SSSR count). The molecule has 5 nitrogen and oxygen atoms in total. The first-order valence-corrected chi connectivity index (χ1v) is 6.02. The lowest BCUT2D eigenvalue weighted by atomic mass is 10.1. The molecule has 1 aliphatic rings. The Hall–Kier alpha value is -1.75. The van der Waals surface area contributed by atoms with Crippen LogP contribution in [0.15, 0.2) is 18.2 Å². The molecule has 1 aromatic carbocycles. The van der Waals surface area contributed by atoms with Gasteiger partial charge in [-0.05, 0) is 30.9 Å². The lowest BCUT2D eigenvalue weighted by Crippen LogP contribution is -2.28. The molecule has 5 heteroatoms. The number of ether oxygens (including phenoxy) is 1. The Morgan fingerprint density at radius 3 is 2.89 bits per heavy atom. The van der Waals surface area contributed by atoms with E-state index in [2.05, 4.69) is 5.32 Å². The number of aromatic hydroxyl groups is 1. The van der Waals surface area contributed by atoms with Crippen LogP contribution < -0.4 is 15.8 Å². The molecule has 0 bridgehead atoms. The Labute approximate surface area is 106 Å². The molecule has 0 radical (unpaired) electrons. The van der Waals surface area contributed by atoms with Crippen molar-refractivity contribution in [3.63, 3.8) is 0 Å². The minimum absolute atomic E-state index is 0.0114. The smallest absolute Gasteiger partial charge is 0.226 e. The summed E-state index contributed by atoms with van der Waals surface area (Å²) in [5.41, 5.74) is 6.25. The highest BCUT2D eigenvalue weighted by molar-refractivity contribution is 5.92. The summed E-state index contributed by atoms with van der Waals surface area (Å²) < 4.78 is 4.97. The second-order valence-electron chi connectivity index (χ2n) is 4.64. The van der Waals surface area contributed by atoms with Crippen molar-refractivity contribution in [1.29, 1.82) is 0 Å². The first-order valence-electron chi connectivity index (χ1n) is 6.02. The van der Waals surface area contributed by atoms with Crippen molar-refractivity contribution in [3.8, 4) is 11.5 Å². The standard InChI is InChI=1S/C13H18N2O3/c1-18-9-4-5-11(12(16)6-9)15-13(17)7-10(14)8-2-3-8/h4-6,8,10,16H,2-3,7,14H2,1H3,(H,15,17). The average Bonchev–Trinajstić information content (AvgIpc) is 3.15. The molecule has 1 atom stereocenters. The molecule has 98 valence electrons. The van der Waals surface area contributed by atoms with Crippen molar-refractivity contribution in [2.24, 2.45) is 11.7 Å². The van der Waals surface area contributed by atoms with Crippen LogP contribution in [0.4, 0.5) is 5.69 Å². The molecule has 0 aromatic heterocycles. The van der Waals surface area contributed by atoms with Crippen molar-refractivity contribution in [1.82, 2.24) is 0 Å². The van der Waals surface area contributed by atoms with Gasteiger partial charge in [0.15, 0.2) is 0 Å². The van der Waals surface area contributed by atoms with Gasteiger partial charge in [-0.3, -0.25) is 4.79 Å². The summed E-state index contributed by atoms with van der Waals surface area (Å²) >= 11 is 0. The zero-order valence-corrected chi connectivity index (χ0v) is 10.3. The second-order valence-corrected chi connectivity index (χ2v) is 4.64. The van der Waals surface area contributed by atoms with Crippen molar-refractivity contribution in [2.45, 2.75) is 25.3 Å². The number of carbonyl (C=O) groups is 1. The third kappa shape index (κ3) is 3.13. The van der Waals surface area contributed by atoms with Crippen molar-refractivity contribution >= 4 is 11.6 Å². The van der Waals surface area contributed by atoms with Gasteiger partial charge in [0.05, 0.1) is 12.8 Å². The summed E-state index contributed by atoms with van der Waals surface area (Å²) in [6, 6.07) is 4.66. The zero-order chi connectivity index (χ0) is 13.1. The van der Waals surface area contributed by atoms with E-state index >= 15 is 0 Å². The summed E-state index contributed by atoms with van der Waals surface area (Å²) in [6.45, 7) is 0. The highest BCUT2D eigenvalue weighted by Gasteiger charge is 2.29. The van der Waals surface area contributed by atoms with E-state index in [9.17, 15) is 9.90 Å². The van der Waals surface area contributed by atoms with E-state index in [0.717, 1.165) is 12.8 Å². The lowest BCUT2D eigenvalue weighted by molar-refractivity contribution is -0.116. The van der Waals surface area contributed by atoms with Gasteiger partial charge in [0.2, 0.25) is 5.91 Å². The maximum atomic E-state index is 11.7. The van der Waals surface area contributed by atoms with Gasteiger partial charge in [0.1, 0.15) is 11.5 Å². The van der Waals surface area contributed by atoms with Gasteiger partial charge in [-0.1, -0.05) is 0 Å². The molecule has 1 aliphatic carbocycles. The number of hydrogen-bond donors (Lipinski definition) is 3. The highest BCUT2D eigenvalue weighted by atomic mass is 16.5. The third-order valence-electron chi connectivity index (χ3n) is 3.13. The first-order chi connectivity index (χ1) is 8.60. The van der Waals surface area contributed by atoms with Crippen LogP contribution in [0.2, 0.25) is 0 Å². The third-order valence-corrected chi connectivity index (χ3v) is 3.13. The average molecular weight is 250 g/mol. The molecule has 1 unspecified atom stereocenters. The number of nitrogens with one attached hydrogen (secondary N) is 1. The monoisotopic (exact) mass is 250 g/mol. The van der Waals surface area contributed by atoms with E-state index in [-0.39, 0.29) is 24.1 Å². The summed E-state index contributed by atoms with van der Waals surface area (Å²) in [7, 11) is 1.52. The normalized spacial score (nSPS) is 16.1. The Balaban J connectivity index is 1.93. The van der Waals surface area contributed by atoms with E-state index in [1.54, 1.807) is 12.1 Å². The van der Waals surface area contributed by atoms with Crippen LogP contribution in [0.3, 0.4) is 0 Å². The Morgan fingerprint density at radius 2 is 2.33 bits per heavy atom. The van der Waals surface area contributed by atoms with Crippen LogP contribution in [0.25, 0.3) is 0 Å². The quantitative estimate of drug-likeness (QED) is 0.691. The van der Waals surface area contributed by atoms with Crippen molar-refractivity contribution in [3.05, 3.63) is 18.2 Å². The van der Waals surface area contributed by atoms with Gasteiger partial charge in [0, 0.05) is 18.5 Å². The van der Waals surface area contributed by atoms with Gasteiger partial charge >= 0.3 is 0 Å². The molecule has 0 heterocycles. The van der Waals surface area contributed by atoms with Crippen molar-refractivity contribution in [2.75, 3.05) is 12.4 Å². The molecular weight excluding hydrogens is 232 g/mol. The molecule has 1 aromatic rings. The fourth-order valence-corrected chi connectivity index (χ4v) is 1.85. The largest absolute Gasteiger partial charge is 0.506 e. The van der Waals surface area contributed by atoms with Crippen LogP contribution in [-0.4, -0.2) is 24.2 Å². The number of hydrogen-bond acceptors (Lipinski definition) is 4. The molecule has 1 saturated carbocycles. The summed E-state index contributed by atoms with van der Waals surface area (Å²) in [4.78, 5) is 11.7. The van der Waals surface area contributed by atoms with Gasteiger partial charge < -0.3 is 20.9 Å². The van der Waals surface area contributed by atoms with Gasteiger partial charge in [-0.2, -0.15) is 0 Å². The fourth-order valence-electron chi connectivity index (χ4n) is 1.85. The number of methoxy groups -OCH3 is 1. The molecule has 0 spiro atoms. The first kappa shape index (κ1) is 12.7. The fraction of sp³-hybridized carbons (Fsp3) is 0.462. The maximum Gasteiger partial charge on any atom is 0.226 e. The molecule has 18 heavy (non-hydrogen) atoms. The van der Waals surface area contributed by atoms with E-state index in [1.807, 2.05) is 0 Å². The van der Waals surface area contributed by atoms with Crippen LogP contribution in [-0.2, 0) is 4.79 Å². The van der Waals surface area contributed by atoms with Crippen LogP contribution in [0, 0.1) is 5.92 Å². The second kappa shape index (κ2) is 5.27. The van der Waals surface area contributed by atoms with Gasteiger partial charge in [0.25, 0.3) is 0 Å².